The molecule has 0 radical (unpaired) electrons. The maximum atomic E-state index is 11.8. The molecule has 0 saturated carbocycles. The van der Waals surface area contributed by atoms with E-state index in [2.05, 4.69) is 15.0 Å². The molecule has 2 heterocycles. The maximum Gasteiger partial charge on any atom is 0.297 e. The van der Waals surface area contributed by atoms with Crippen LogP contribution in [0.15, 0.2) is 14.7 Å². The van der Waals surface area contributed by atoms with E-state index in [1.54, 1.807) is 6.92 Å². The standard InChI is InChI=1S/C8H10ClN3O3S2/c1-4(13)3-10-8-11-5-2-6(9)16-7(5)17(14,15)12-8/h2,4,13H,3H2,1H3,(H2,10,11,12). The molecular weight excluding hydrogens is 286 g/mol. The van der Waals surface area contributed by atoms with Crippen molar-refractivity contribution in [2.75, 3.05) is 11.9 Å². The summed E-state index contributed by atoms with van der Waals surface area (Å²) >= 11 is 6.71. The van der Waals surface area contributed by atoms with Gasteiger partial charge in [-0.2, -0.15) is 8.42 Å². The lowest BCUT2D eigenvalue weighted by molar-refractivity contribution is 0.198. The Bertz CT molecular complexity index is 565. The Morgan fingerprint density at radius 1 is 1.71 bits per heavy atom. The van der Waals surface area contributed by atoms with Gasteiger partial charge < -0.3 is 15.7 Å². The Hall–Kier alpha value is -0.830. The molecule has 9 heteroatoms. The summed E-state index contributed by atoms with van der Waals surface area (Å²) in [6.45, 7) is 1.78. The predicted molar refractivity (Wildman–Crippen MR) is 67.3 cm³/mol. The van der Waals surface area contributed by atoms with Crippen LogP contribution in [-0.4, -0.2) is 32.1 Å². The molecule has 6 nitrogen and oxygen atoms in total. The molecule has 17 heavy (non-hydrogen) atoms. The van der Waals surface area contributed by atoms with Crippen molar-refractivity contribution in [3.63, 3.8) is 0 Å². The molecule has 0 fully saturated rings. The summed E-state index contributed by atoms with van der Waals surface area (Å²) in [4.78, 5) is 0. The van der Waals surface area contributed by atoms with E-state index in [1.807, 2.05) is 0 Å². The Balaban J connectivity index is 2.28. The van der Waals surface area contributed by atoms with Gasteiger partial charge in [-0.25, -0.2) is 0 Å². The van der Waals surface area contributed by atoms with E-state index < -0.39 is 16.1 Å². The van der Waals surface area contributed by atoms with Crippen molar-refractivity contribution in [3.8, 4) is 0 Å². The van der Waals surface area contributed by atoms with E-state index in [9.17, 15) is 8.42 Å². The third-order valence-electron chi connectivity index (χ3n) is 1.93. The molecule has 1 unspecified atom stereocenters. The number of guanidine groups is 1. The SMILES string of the molecule is CC(O)CNC1=NS(=O)(=O)c2sc(Cl)cc2N1. The first-order valence-electron chi connectivity index (χ1n) is 4.72. The fraction of sp³-hybridized carbons (Fsp3) is 0.375. The summed E-state index contributed by atoms with van der Waals surface area (Å²) < 4.78 is 27.5. The smallest absolute Gasteiger partial charge is 0.297 e. The van der Waals surface area contributed by atoms with Gasteiger partial charge in [0.15, 0.2) is 4.21 Å². The van der Waals surface area contributed by atoms with Crippen LogP contribution in [0.3, 0.4) is 0 Å². The van der Waals surface area contributed by atoms with Crippen molar-refractivity contribution in [1.82, 2.24) is 5.32 Å². The number of aliphatic hydroxyl groups is 1. The zero-order chi connectivity index (χ0) is 12.6. The number of nitrogens with zero attached hydrogens (tertiary/aromatic N) is 1. The number of rotatable bonds is 2. The van der Waals surface area contributed by atoms with Gasteiger partial charge in [0.1, 0.15) is 0 Å². The van der Waals surface area contributed by atoms with Gasteiger partial charge in [0, 0.05) is 6.54 Å². The highest BCUT2D eigenvalue weighted by atomic mass is 35.5. The molecule has 0 spiro atoms. The van der Waals surface area contributed by atoms with Crippen LogP contribution in [0.2, 0.25) is 4.34 Å². The number of thiophene rings is 1. The van der Waals surface area contributed by atoms with Crippen molar-refractivity contribution >= 4 is 44.6 Å². The Labute approximate surface area is 107 Å². The molecule has 0 aromatic carbocycles. The zero-order valence-corrected chi connectivity index (χ0v) is 11.2. The molecular formula is C8H10ClN3O3S2. The third-order valence-corrected chi connectivity index (χ3v) is 4.98. The number of fused-ring (bicyclic) bond motifs is 1. The van der Waals surface area contributed by atoms with Gasteiger partial charge in [0.2, 0.25) is 5.96 Å². The fourth-order valence-corrected chi connectivity index (χ4v) is 3.93. The lowest BCUT2D eigenvalue weighted by atomic mass is 10.4. The van der Waals surface area contributed by atoms with E-state index >= 15 is 0 Å². The van der Waals surface area contributed by atoms with Gasteiger partial charge in [0.25, 0.3) is 10.0 Å². The predicted octanol–water partition coefficient (Wildman–Crippen LogP) is 0.842. The minimum Gasteiger partial charge on any atom is -0.392 e. The number of anilines is 1. The van der Waals surface area contributed by atoms with E-state index in [0.717, 1.165) is 11.3 Å². The number of aliphatic hydroxyl groups excluding tert-OH is 1. The number of halogens is 1. The number of hydrogen-bond donors (Lipinski definition) is 3. The summed E-state index contributed by atoms with van der Waals surface area (Å²) in [5.74, 6) is 0.0906. The number of sulfonamides is 1. The molecule has 0 amide bonds. The first kappa shape index (κ1) is 12.6. The molecule has 1 atom stereocenters. The Kier molecular flexibility index (Phi) is 3.30. The normalized spacial score (nSPS) is 18.9. The third kappa shape index (κ3) is 2.71. The van der Waals surface area contributed by atoms with Gasteiger partial charge in [-0.05, 0) is 13.0 Å². The second-order valence-corrected chi connectivity index (χ2v) is 7.00. The molecule has 0 aliphatic carbocycles. The van der Waals surface area contributed by atoms with Crippen LogP contribution in [0.1, 0.15) is 6.92 Å². The van der Waals surface area contributed by atoms with Crippen LogP contribution < -0.4 is 10.6 Å². The summed E-state index contributed by atoms with van der Waals surface area (Å²) in [5.41, 5.74) is 0.406. The van der Waals surface area contributed by atoms with Gasteiger partial charge in [-0.15, -0.1) is 15.7 Å². The molecule has 1 aromatic rings. The zero-order valence-electron chi connectivity index (χ0n) is 8.77. The molecule has 1 aliphatic heterocycles. The van der Waals surface area contributed by atoms with Crippen LogP contribution in [0.5, 0.6) is 0 Å². The highest BCUT2D eigenvalue weighted by Crippen LogP contribution is 2.37. The van der Waals surface area contributed by atoms with E-state index in [4.69, 9.17) is 16.7 Å². The molecule has 1 aromatic heterocycles. The monoisotopic (exact) mass is 295 g/mol. The van der Waals surface area contributed by atoms with Crippen LogP contribution in [0.25, 0.3) is 0 Å². The molecule has 3 N–H and O–H groups in total. The Morgan fingerprint density at radius 2 is 2.41 bits per heavy atom. The van der Waals surface area contributed by atoms with Crippen LogP contribution in [0, 0.1) is 0 Å². The summed E-state index contributed by atoms with van der Waals surface area (Å²) in [6, 6.07) is 1.53. The quantitative estimate of drug-likeness (QED) is 0.752. The number of hydrogen-bond acceptors (Lipinski definition) is 6. The van der Waals surface area contributed by atoms with Crippen LogP contribution >= 0.6 is 22.9 Å². The van der Waals surface area contributed by atoms with Gasteiger partial charge in [-0.1, -0.05) is 11.6 Å². The molecule has 0 bridgehead atoms. The fourth-order valence-electron chi connectivity index (χ4n) is 1.26. The lowest BCUT2D eigenvalue weighted by Gasteiger charge is -2.16. The van der Waals surface area contributed by atoms with Gasteiger partial charge in [-0.3, -0.25) is 0 Å². The average molecular weight is 296 g/mol. The van der Waals surface area contributed by atoms with Crippen molar-refractivity contribution in [1.29, 1.82) is 0 Å². The second kappa shape index (κ2) is 4.45. The molecule has 1 aliphatic rings. The highest BCUT2D eigenvalue weighted by molar-refractivity contribution is 7.92. The molecule has 0 saturated heterocycles. The maximum absolute atomic E-state index is 11.8. The van der Waals surface area contributed by atoms with Crippen LogP contribution in [0.4, 0.5) is 5.69 Å². The summed E-state index contributed by atoms with van der Waals surface area (Å²) in [7, 11) is -3.70. The van der Waals surface area contributed by atoms with Crippen molar-refractivity contribution < 1.29 is 13.5 Å². The van der Waals surface area contributed by atoms with Crippen molar-refractivity contribution in [2.45, 2.75) is 17.2 Å². The first-order chi connectivity index (χ1) is 7.88. The van der Waals surface area contributed by atoms with Gasteiger partial charge >= 0.3 is 0 Å². The Morgan fingerprint density at radius 3 is 3.06 bits per heavy atom. The second-order valence-electron chi connectivity index (χ2n) is 3.52. The number of nitrogens with one attached hydrogen (secondary N) is 2. The molecule has 2 rings (SSSR count). The van der Waals surface area contributed by atoms with E-state index in [0.29, 0.717) is 10.0 Å². The van der Waals surface area contributed by atoms with Crippen LogP contribution in [-0.2, 0) is 10.0 Å². The van der Waals surface area contributed by atoms with Crippen molar-refractivity contribution in [2.24, 2.45) is 4.40 Å². The summed E-state index contributed by atoms with van der Waals surface area (Å²) in [6.07, 6.45) is -0.602. The average Bonchev–Trinajstić information content (AvgIpc) is 2.56. The van der Waals surface area contributed by atoms with E-state index in [1.165, 1.54) is 6.07 Å². The molecule has 94 valence electrons. The topological polar surface area (TPSA) is 90.8 Å². The highest BCUT2D eigenvalue weighted by Gasteiger charge is 2.27. The first-order valence-corrected chi connectivity index (χ1v) is 7.35. The largest absolute Gasteiger partial charge is 0.392 e. The lowest BCUT2D eigenvalue weighted by Crippen LogP contribution is -2.37. The van der Waals surface area contributed by atoms with Gasteiger partial charge in [0.05, 0.1) is 16.1 Å². The minimum absolute atomic E-state index is 0.0906. The minimum atomic E-state index is -3.70. The van der Waals surface area contributed by atoms with E-state index in [-0.39, 0.29) is 16.7 Å². The van der Waals surface area contributed by atoms with Crippen molar-refractivity contribution in [3.05, 3.63) is 10.4 Å². The summed E-state index contributed by atoms with van der Waals surface area (Å²) in [5, 5.41) is 14.6.